The smallest absolute Gasteiger partial charge is 0.324 e. The standard InChI is InChI=1S/C6H12NO/c1-5-6(2)8-4-7(5)3/h4-6H,1-3H3/q+1. The molecule has 0 radical (unpaired) electrons. The van der Waals surface area contributed by atoms with Gasteiger partial charge in [0.25, 0.3) is 0 Å². The first-order chi connectivity index (χ1) is 3.72. The first-order valence-corrected chi connectivity index (χ1v) is 2.92. The predicted octanol–water partition coefficient (Wildman–Crippen LogP) is 0.464. The monoisotopic (exact) mass is 114 g/mol. The van der Waals surface area contributed by atoms with Crippen LogP contribution in [0.1, 0.15) is 13.8 Å². The van der Waals surface area contributed by atoms with Crippen LogP contribution in [-0.2, 0) is 4.74 Å². The number of likely N-dealkylation sites (N-methyl/N-ethyl adjacent to an activating group) is 1. The Morgan fingerprint density at radius 2 is 2.12 bits per heavy atom. The second-order valence-electron chi connectivity index (χ2n) is 2.35. The third kappa shape index (κ3) is 0.703. The van der Waals surface area contributed by atoms with E-state index in [1.54, 1.807) is 6.40 Å². The quantitative estimate of drug-likeness (QED) is 0.417. The SMILES string of the molecule is CC1OC=[N+](C)C1C. The Morgan fingerprint density at radius 3 is 2.25 bits per heavy atom. The molecule has 1 aliphatic heterocycles. The lowest BCUT2D eigenvalue weighted by Gasteiger charge is -2.01. The van der Waals surface area contributed by atoms with Crippen molar-refractivity contribution < 1.29 is 9.31 Å². The van der Waals surface area contributed by atoms with Gasteiger partial charge < -0.3 is 4.74 Å². The van der Waals surface area contributed by atoms with Crippen LogP contribution in [0.3, 0.4) is 0 Å². The van der Waals surface area contributed by atoms with E-state index in [0.29, 0.717) is 12.1 Å². The average molecular weight is 114 g/mol. The van der Waals surface area contributed by atoms with Gasteiger partial charge in [-0.25, -0.2) is 4.58 Å². The maximum absolute atomic E-state index is 5.18. The minimum absolute atomic E-state index is 0.361. The first-order valence-electron chi connectivity index (χ1n) is 2.92. The van der Waals surface area contributed by atoms with E-state index in [1.807, 2.05) is 7.05 Å². The Morgan fingerprint density at radius 1 is 1.50 bits per heavy atom. The Labute approximate surface area is 49.8 Å². The van der Waals surface area contributed by atoms with Crippen LogP contribution in [0.4, 0.5) is 0 Å². The topological polar surface area (TPSA) is 12.2 Å². The zero-order chi connectivity index (χ0) is 6.15. The van der Waals surface area contributed by atoms with Crippen molar-refractivity contribution >= 4 is 6.40 Å². The van der Waals surface area contributed by atoms with Crippen LogP contribution in [0.2, 0.25) is 0 Å². The molecule has 46 valence electrons. The van der Waals surface area contributed by atoms with Gasteiger partial charge in [-0.2, -0.15) is 0 Å². The van der Waals surface area contributed by atoms with Crippen LogP contribution in [0.25, 0.3) is 0 Å². The van der Waals surface area contributed by atoms with E-state index in [0.717, 1.165) is 0 Å². The normalized spacial score (nSPS) is 36.6. The second kappa shape index (κ2) is 1.77. The lowest BCUT2D eigenvalue weighted by molar-refractivity contribution is -0.522. The molecule has 0 fully saturated rings. The molecular weight excluding hydrogens is 102 g/mol. The van der Waals surface area contributed by atoms with Crippen LogP contribution in [0.15, 0.2) is 0 Å². The molecule has 0 aromatic carbocycles. The van der Waals surface area contributed by atoms with Gasteiger partial charge in [0.2, 0.25) is 0 Å². The van der Waals surface area contributed by atoms with Crippen molar-refractivity contribution in [3.8, 4) is 0 Å². The molecule has 2 unspecified atom stereocenters. The lowest BCUT2D eigenvalue weighted by atomic mass is 10.2. The summed E-state index contributed by atoms with van der Waals surface area (Å²) in [6, 6.07) is 0.537. The molecule has 0 aliphatic carbocycles. The molecule has 1 heterocycles. The molecule has 0 saturated carbocycles. The van der Waals surface area contributed by atoms with E-state index in [-0.39, 0.29) is 0 Å². The maximum Gasteiger partial charge on any atom is 0.324 e. The van der Waals surface area contributed by atoms with Crippen molar-refractivity contribution in [3.05, 3.63) is 0 Å². The number of rotatable bonds is 0. The highest BCUT2D eigenvalue weighted by molar-refractivity contribution is 5.41. The zero-order valence-electron chi connectivity index (χ0n) is 5.59. The Kier molecular flexibility index (Phi) is 1.24. The second-order valence-corrected chi connectivity index (χ2v) is 2.35. The van der Waals surface area contributed by atoms with Crippen LogP contribution in [0.5, 0.6) is 0 Å². The van der Waals surface area contributed by atoms with E-state index in [1.165, 1.54) is 0 Å². The first kappa shape index (κ1) is 5.60. The van der Waals surface area contributed by atoms with Gasteiger partial charge >= 0.3 is 6.40 Å². The van der Waals surface area contributed by atoms with Crippen LogP contribution in [-0.4, -0.2) is 30.2 Å². The van der Waals surface area contributed by atoms with Gasteiger partial charge in [0.05, 0.1) is 0 Å². The summed E-state index contributed by atoms with van der Waals surface area (Å²) in [6.07, 6.45) is 2.13. The van der Waals surface area contributed by atoms with E-state index >= 15 is 0 Å². The fourth-order valence-electron chi connectivity index (χ4n) is 0.733. The molecule has 1 rings (SSSR count). The highest BCUT2D eigenvalue weighted by Gasteiger charge is 2.26. The van der Waals surface area contributed by atoms with Crippen molar-refractivity contribution in [3.63, 3.8) is 0 Å². The molecule has 0 saturated heterocycles. The van der Waals surface area contributed by atoms with Crippen molar-refractivity contribution in [1.29, 1.82) is 0 Å². The van der Waals surface area contributed by atoms with Gasteiger partial charge in [0.15, 0.2) is 12.1 Å². The highest BCUT2D eigenvalue weighted by Crippen LogP contribution is 2.04. The minimum Gasteiger partial charge on any atom is -0.440 e. The summed E-state index contributed by atoms with van der Waals surface area (Å²) >= 11 is 0. The maximum atomic E-state index is 5.18. The minimum atomic E-state index is 0.361. The molecule has 0 aromatic rings. The molecular formula is C6H12NO+. The van der Waals surface area contributed by atoms with E-state index in [4.69, 9.17) is 4.74 Å². The van der Waals surface area contributed by atoms with Gasteiger partial charge in [-0.15, -0.1) is 0 Å². The van der Waals surface area contributed by atoms with Crippen LogP contribution >= 0.6 is 0 Å². The zero-order valence-corrected chi connectivity index (χ0v) is 5.59. The van der Waals surface area contributed by atoms with Gasteiger partial charge in [0.1, 0.15) is 7.05 Å². The number of hydrogen-bond acceptors (Lipinski definition) is 1. The lowest BCUT2D eigenvalue weighted by Crippen LogP contribution is -2.23. The Hall–Kier alpha value is -0.530. The van der Waals surface area contributed by atoms with Crippen molar-refractivity contribution in [1.82, 2.24) is 0 Å². The third-order valence-electron chi connectivity index (χ3n) is 1.76. The summed E-state index contributed by atoms with van der Waals surface area (Å²) in [5, 5.41) is 0. The van der Waals surface area contributed by atoms with Crippen LogP contribution < -0.4 is 0 Å². The van der Waals surface area contributed by atoms with Gasteiger partial charge in [-0.1, -0.05) is 0 Å². The highest BCUT2D eigenvalue weighted by atomic mass is 16.5. The Bertz CT molecular complexity index is 120. The summed E-state index contributed by atoms with van der Waals surface area (Å²) in [5.41, 5.74) is 0. The molecule has 0 amide bonds. The fraction of sp³-hybridized carbons (Fsp3) is 0.833. The van der Waals surface area contributed by atoms with Crippen molar-refractivity contribution in [2.24, 2.45) is 0 Å². The number of nitrogens with zero attached hydrogens (tertiary/aromatic N) is 1. The molecule has 0 bridgehead atoms. The molecule has 1 aliphatic rings. The summed E-state index contributed by atoms with van der Waals surface area (Å²) in [6.45, 7) is 4.22. The molecule has 8 heavy (non-hydrogen) atoms. The molecule has 0 N–H and O–H groups in total. The molecule has 0 aromatic heterocycles. The average Bonchev–Trinajstić information content (AvgIpc) is 1.98. The summed E-state index contributed by atoms with van der Waals surface area (Å²) in [5.74, 6) is 0. The summed E-state index contributed by atoms with van der Waals surface area (Å²) < 4.78 is 7.25. The fourth-order valence-corrected chi connectivity index (χ4v) is 0.733. The number of hydrogen-bond donors (Lipinski definition) is 0. The molecule has 2 atom stereocenters. The largest absolute Gasteiger partial charge is 0.440 e. The molecule has 0 spiro atoms. The Balaban J connectivity index is 2.59. The predicted molar refractivity (Wildman–Crippen MR) is 32.3 cm³/mol. The van der Waals surface area contributed by atoms with E-state index < -0.39 is 0 Å². The van der Waals surface area contributed by atoms with Crippen molar-refractivity contribution in [2.45, 2.75) is 26.0 Å². The van der Waals surface area contributed by atoms with Gasteiger partial charge in [-0.3, -0.25) is 0 Å². The van der Waals surface area contributed by atoms with E-state index in [9.17, 15) is 0 Å². The van der Waals surface area contributed by atoms with Gasteiger partial charge in [-0.05, 0) is 6.92 Å². The van der Waals surface area contributed by atoms with Crippen molar-refractivity contribution in [2.75, 3.05) is 7.05 Å². The number of ether oxygens (including phenoxy) is 1. The van der Waals surface area contributed by atoms with Gasteiger partial charge in [0, 0.05) is 6.92 Å². The summed E-state index contributed by atoms with van der Waals surface area (Å²) in [7, 11) is 2.02. The molecule has 2 nitrogen and oxygen atoms in total. The van der Waals surface area contributed by atoms with Crippen LogP contribution in [0, 0.1) is 0 Å². The molecule has 2 heteroatoms. The van der Waals surface area contributed by atoms with E-state index in [2.05, 4.69) is 18.4 Å². The third-order valence-corrected chi connectivity index (χ3v) is 1.76. The summed E-state index contributed by atoms with van der Waals surface area (Å²) in [4.78, 5) is 0.